The van der Waals surface area contributed by atoms with Crippen molar-refractivity contribution in [3.8, 4) is 77.9 Å². The van der Waals surface area contributed by atoms with Crippen LogP contribution in [0.3, 0.4) is 0 Å². The molecule has 0 bridgehead atoms. The van der Waals surface area contributed by atoms with Crippen LogP contribution >= 0.6 is 0 Å². The van der Waals surface area contributed by atoms with Gasteiger partial charge in [0.2, 0.25) is 0 Å². The summed E-state index contributed by atoms with van der Waals surface area (Å²) >= 11 is 1.68. The SMILES string of the molecule is [Ge][c]1ccccc1-c1cccc(-c2cccc3c(-c4cccc5c4-c4ccccc4C54c5ccccc5-c5c4ccc4ccccc54)c4cccc(-c5cccc6[c]5[Ge][c]5ccccc5-6)c4cc23)c1. The Kier molecular flexibility index (Phi) is 8.59. The quantitative estimate of drug-likeness (QED) is 0.122. The van der Waals surface area contributed by atoms with E-state index in [-0.39, 0.29) is 0 Å². The average Bonchev–Trinajstić information content (AvgIpc) is 4.05. The first-order chi connectivity index (χ1) is 34.2. The standard InChI is InChI=1S/C67H39Ge2/c68-61-34-9-5-19-44(61)42-18-11-17-41(38-42)43-24-12-26-48-55(43)39-56-46(50-28-14-29-51-47-21-6-10-35-62(47)69-66(50)51)25-13-27-49(56)63(48)54-30-15-33-59-65(54)53-23-4-8-32-58(53)67(59)57-31-7-3-22-52(57)64-45-20-2-1-16-40(45)36-37-60(64)67/h1-39H. The first-order valence-corrected chi connectivity index (χ1v) is 27.1. The fourth-order valence-corrected chi connectivity index (χ4v) is 16.6. The van der Waals surface area contributed by atoms with E-state index in [0.717, 1.165) is 0 Å². The molecule has 0 saturated carbocycles. The zero-order valence-corrected chi connectivity index (χ0v) is 41.7. The molecule has 0 fully saturated rings. The summed E-state index contributed by atoms with van der Waals surface area (Å²) in [6, 6.07) is 90.2. The Morgan fingerprint density at radius 2 is 0.797 bits per heavy atom. The molecule has 3 aliphatic rings. The van der Waals surface area contributed by atoms with Crippen LogP contribution in [-0.4, -0.2) is 31.9 Å². The molecule has 1 atom stereocenters. The molecule has 1 aliphatic heterocycles. The first-order valence-electron chi connectivity index (χ1n) is 23.9. The van der Waals surface area contributed by atoms with E-state index in [1.165, 1.54) is 146 Å². The normalized spacial score (nSPS) is 14.7. The van der Waals surface area contributed by atoms with E-state index >= 15 is 0 Å². The van der Waals surface area contributed by atoms with Crippen molar-refractivity contribution in [1.29, 1.82) is 0 Å². The molecule has 1 spiro atoms. The maximum atomic E-state index is 2.54. The molecule has 69 heavy (non-hydrogen) atoms. The van der Waals surface area contributed by atoms with Gasteiger partial charge in [-0.1, -0.05) is 48.5 Å². The number of hydrogen-bond donors (Lipinski definition) is 0. The molecule has 315 valence electrons. The van der Waals surface area contributed by atoms with Crippen molar-refractivity contribution >= 4 is 77.5 Å². The van der Waals surface area contributed by atoms with Crippen molar-refractivity contribution in [3.05, 3.63) is 259 Å². The van der Waals surface area contributed by atoms with Crippen LogP contribution in [0.2, 0.25) is 0 Å². The molecule has 1 heterocycles. The Bertz CT molecular complexity index is 4200. The number of hydrogen-bond acceptors (Lipinski definition) is 0. The molecule has 12 aromatic rings. The van der Waals surface area contributed by atoms with Crippen molar-refractivity contribution in [1.82, 2.24) is 0 Å². The molecule has 2 heteroatoms. The van der Waals surface area contributed by atoms with Crippen LogP contribution in [0, 0.1) is 0 Å². The molecule has 12 aromatic carbocycles. The van der Waals surface area contributed by atoms with Crippen LogP contribution in [0.15, 0.2) is 237 Å². The van der Waals surface area contributed by atoms with Crippen LogP contribution in [0.25, 0.3) is 110 Å². The van der Waals surface area contributed by atoms with Gasteiger partial charge in [0.15, 0.2) is 0 Å². The Morgan fingerprint density at radius 1 is 0.290 bits per heavy atom. The van der Waals surface area contributed by atoms with Crippen LogP contribution in [-0.2, 0) is 5.41 Å². The number of benzene rings is 12. The van der Waals surface area contributed by atoms with Crippen LogP contribution < -0.4 is 13.2 Å². The second-order valence-electron chi connectivity index (χ2n) is 18.9. The molecular formula is C67H39Ge2. The third-order valence-corrected chi connectivity index (χ3v) is 19.6. The van der Waals surface area contributed by atoms with E-state index in [4.69, 9.17) is 0 Å². The zero-order chi connectivity index (χ0) is 45.4. The summed E-state index contributed by atoms with van der Waals surface area (Å²) in [4.78, 5) is 0. The predicted octanol–water partition coefficient (Wildman–Crippen LogP) is 14.6. The van der Waals surface area contributed by atoms with E-state index in [1.807, 2.05) is 0 Å². The predicted molar refractivity (Wildman–Crippen MR) is 293 cm³/mol. The second kappa shape index (κ2) is 15.0. The summed E-state index contributed by atoms with van der Waals surface area (Å²) in [5, 5.41) is 7.69. The average molecular weight is 989 g/mol. The van der Waals surface area contributed by atoms with E-state index < -0.39 is 20.8 Å². The first kappa shape index (κ1) is 39.5. The van der Waals surface area contributed by atoms with E-state index in [1.54, 1.807) is 0 Å². The topological polar surface area (TPSA) is 0 Å². The molecule has 15 rings (SSSR count). The molecule has 0 amide bonds. The van der Waals surface area contributed by atoms with Gasteiger partial charge in [-0.3, -0.25) is 0 Å². The third kappa shape index (κ3) is 5.47. The summed E-state index contributed by atoms with van der Waals surface area (Å²) < 4.78 is 4.34. The molecule has 2 aliphatic carbocycles. The summed E-state index contributed by atoms with van der Waals surface area (Å²) in [5.41, 5.74) is 23.3. The van der Waals surface area contributed by atoms with Crippen molar-refractivity contribution in [2.24, 2.45) is 0 Å². The van der Waals surface area contributed by atoms with Gasteiger partial charge in [-0.15, -0.1) is 0 Å². The Labute approximate surface area is 416 Å². The van der Waals surface area contributed by atoms with Gasteiger partial charge in [-0.05, 0) is 10.8 Å². The van der Waals surface area contributed by atoms with Crippen molar-refractivity contribution in [2.75, 3.05) is 0 Å². The van der Waals surface area contributed by atoms with Gasteiger partial charge in [-0.2, -0.15) is 0 Å². The van der Waals surface area contributed by atoms with Gasteiger partial charge in [0.05, 0.1) is 0 Å². The summed E-state index contributed by atoms with van der Waals surface area (Å²) in [6.45, 7) is 0. The van der Waals surface area contributed by atoms with Crippen LogP contribution in [0.5, 0.6) is 0 Å². The van der Waals surface area contributed by atoms with E-state index in [9.17, 15) is 0 Å². The van der Waals surface area contributed by atoms with Gasteiger partial charge >= 0.3 is 360 Å². The summed E-state index contributed by atoms with van der Waals surface area (Å²) in [7, 11) is 0. The Hall–Kier alpha value is -7.49. The minimum absolute atomic E-state index is 0.478. The second-order valence-corrected chi connectivity index (χ2v) is 22.7. The van der Waals surface area contributed by atoms with Gasteiger partial charge in [0.1, 0.15) is 0 Å². The molecule has 1 unspecified atom stereocenters. The minimum atomic E-state index is -0.534. The van der Waals surface area contributed by atoms with Gasteiger partial charge in [0, 0.05) is 0 Å². The van der Waals surface area contributed by atoms with Gasteiger partial charge in [0.25, 0.3) is 0 Å². The monoisotopic (exact) mass is 991 g/mol. The number of fused-ring (bicyclic) bond motifs is 17. The van der Waals surface area contributed by atoms with Crippen molar-refractivity contribution in [2.45, 2.75) is 5.41 Å². The van der Waals surface area contributed by atoms with Crippen molar-refractivity contribution in [3.63, 3.8) is 0 Å². The number of rotatable bonds is 4. The van der Waals surface area contributed by atoms with E-state index in [2.05, 4.69) is 253 Å². The molecule has 0 aromatic heterocycles. The fraction of sp³-hybridized carbons (Fsp3) is 0.0149. The maximum absolute atomic E-state index is 2.54. The molecule has 0 N–H and O–H groups in total. The van der Waals surface area contributed by atoms with Crippen LogP contribution in [0.4, 0.5) is 0 Å². The summed E-state index contributed by atoms with van der Waals surface area (Å²) in [6.07, 6.45) is 0. The molecular weight excluding hydrogens is 950 g/mol. The molecule has 0 nitrogen and oxygen atoms in total. The van der Waals surface area contributed by atoms with Gasteiger partial charge < -0.3 is 0 Å². The molecule has 5 radical (unpaired) electrons. The van der Waals surface area contributed by atoms with Crippen LogP contribution in [0.1, 0.15) is 22.3 Å². The summed E-state index contributed by atoms with van der Waals surface area (Å²) in [5.74, 6) is 0. The van der Waals surface area contributed by atoms with Gasteiger partial charge in [-0.25, -0.2) is 0 Å². The van der Waals surface area contributed by atoms with Crippen molar-refractivity contribution < 1.29 is 0 Å². The molecule has 0 saturated heterocycles. The fourth-order valence-electron chi connectivity index (χ4n) is 12.8. The third-order valence-electron chi connectivity index (χ3n) is 15.6. The van der Waals surface area contributed by atoms with E-state index in [0.29, 0.717) is 0 Å². The zero-order valence-electron chi connectivity index (χ0n) is 37.5. The Morgan fingerprint density at radius 3 is 1.59 bits per heavy atom. The Balaban J connectivity index is 1.06.